The maximum atomic E-state index is 12.7. The number of amides is 3. The van der Waals surface area contributed by atoms with Gasteiger partial charge < -0.3 is 9.73 Å². The Morgan fingerprint density at radius 3 is 2.39 bits per heavy atom. The first-order valence-corrected chi connectivity index (χ1v) is 9.59. The summed E-state index contributed by atoms with van der Waals surface area (Å²) in [5.41, 5.74) is 1.13. The minimum Gasteiger partial charge on any atom is -0.423 e. The Morgan fingerprint density at radius 1 is 1.11 bits per heavy atom. The van der Waals surface area contributed by atoms with E-state index in [1.807, 2.05) is 6.92 Å². The maximum Gasteiger partial charge on any atom is 0.336 e. The highest BCUT2D eigenvalue weighted by molar-refractivity contribution is 6.10. The molecule has 2 aromatic rings. The number of fused-ring (bicyclic) bond motifs is 2. The number of carbonyl (C=O) groups excluding carboxylic acids is 3. The standard InChI is InChI=1S/C21H22N2O5/c1-11-9-18(24)28-17-10-13(7-8-14(11)17)22-19(25)12(2)23-20(26)15-5-3-4-6-16(15)21(23)27/h7-10,12,15-16H,3-6H2,1-2H3,(H,22,25)/t12-,15-,16+/m0/s1. The second kappa shape index (κ2) is 6.89. The molecule has 3 atom stereocenters. The largest absolute Gasteiger partial charge is 0.423 e. The zero-order valence-corrected chi connectivity index (χ0v) is 15.9. The number of benzene rings is 1. The molecule has 0 radical (unpaired) electrons. The fourth-order valence-electron chi connectivity index (χ4n) is 4.34. The van der Waals surface area contributed by atoms with Crippen LogP contribution < -0.4 is 10.9 Å². The van der Waals surface area contributed by atoms with Crippen molar-refractivity contribution in [2.45, 2.75) is 45.6 Å². The summed E-state index contributed by atoms with van der Waals surface area (Å²) >= 11 is 0. The van der Waals surface area contributed by atoms with Gasteiger partial charge in [0.05, 0.1) is 11.8 Å². The minimum absolute atomic E-state index is 0.238. The number of carbonyl (C=O) groups is 3. The van der Waals surface area contributed by atoms with E-state index in [9.17, 15) is 19.2 Å². The maximum absolute atomic E-state index is 12.7. The predicted octanol–water partition coefficient (Wildman–Crippen LogP) is 2.60. The summed E-state index contributed by atoms with van der Waals surface area (Å²) in [6.45, 7) is 3.37. The Morgan fingerprint density at radius 2 is 1.75 bits per heavy atom. The molecule has 2 aliphatic rings. The summed E-state index contributed by atoms with van der Waals surface area (Å²) in [5, 5.41) is 3.50. The van der Waals surface area contributed by atoms with E-state index in [4.69, 9.17) is 4.42 Å². The average molecular weight is 382 g/mol. The lowest BCUT2D eigenvalue weighted by molar-refractivity contribution is -0.146. The van der Waals surface area contributed by atoms with Crippen molar-refractivity contribution >= 4 is 34.4 Å². The number of nitrogens with one attached hydrogen (secondary N) is 1. The highest BCUT2D eigenvalue weighted by Crippen LogP contribution is 2.39. The van der Waals surface area contributed by atoms with Crippen LogP contribution in [0.3, 0.4) is 0 Å². The minimum atomic E-state index is -0.897. The number of aryl methyl sites for hydroxylation is 1. The first kappa shape index (κ1) is 18.4. The van der Waals surface area contributed by atoms with Crippen LogP contribution in [-0.2, 0) is 14.4 Å². The van der Waals surface area contributed by atoms with Gasteiger partial charge in [0.1, 0.15) is 11.6 Å². The van der Waals surface area contributed by atoms with Gasteiger partial charge in [-0.15, -0.1) is 0 Å². The molecule has 2 heterocycles. The van der Waals surface area contributed by atoms with Crippen molar-refractivity contribution < 1.29 is 18.8 Å². The number of anilines is 1. The molecule has 4 rings (SSSR count). The lowest BCUT2D eigenvalue weighted by Crippen LogP contribution is -2.46. The van der Waals surface area contributed by atoms with E-state index in [2.05, 4.69) is 5.32 Å². The summed E-state index contributed by atoms with van der Waals surface area (Å²) in [4.78, 5) is 50.8. The Balaban J connectivity index is 1.55. The van der Waals surface area contributed by atoms with Crippen LogP contribution in [0, 0.1) is 18.8 Å². The quantitative estimate of drug-likeness (QED) is 0.650. The van der Waals surface area contributed by atoms with Crippen molar-refractivity contribution in [3.8, 4) is 0 Å². The molecular formula is C21H22N2O5. The number of likely N-dealkylation sites (tertiary alicyclic amines) is 1. The van der Waals surface area contributed by atoms with Crippen LogP contribution in [0.2, 0.25) is 0 Å². The third-order valence-corrected chi connectivity index (χ3v) is 5.86. The van der Waals surface area contributed by atoms with E-state index in [0.717, 1.165) is 28.7 Å². The van der Waals surface area contributed by atoms with E-state index >= 15 is 0 Å². The highest BCUT2D eigenvalue weighted by atomic mass is 16.4. The molecule has 28 heavy (non-hydrogen) atoms. The monoisotopic (exact) mass is 382 g/mol. The third-order valence-electron chi connectivity index (χ3n) is 5.86. The molecule has 1 aromatic heterocycles. The van der Waals surface area contributed by atoms with Crippen molar-refractivity contribution in [1.29, 1.82) is 0 Å². The van der Waals surface area contributed by atoms with Crippen LogP contribution in [0.25, 0.3) is 11.0 Å². The van der Waals surface area contributed by atoms with Crippen molar-refractivity contribution in [2.24, 2.45) is 11.8 Å². The molecule has 1 aliphatic heterocycles. The molecule has 1 saturated carbocycles. The van der Waals surface area contributed by atoms with Crippen LogP contribution in [0.4, 0.5) is 5.69 Å². The topological polar surface area (TPSA) is 96.7 Å². The Labute approximate surface area is 161 Å². The van der Waals surface area contributed by atoms with E-state index in [-0.39, 0.29) is 23.7 Å². The highest BCUT2D eigenvalue weighted by Gasteiger charge is 2.50. The summed E-state index contributed by atoms with van der Waals surface area (Å²) in [5.74, 6) is -1.49. The number of imide groups is 1. The molecular weight excluding hydrogens is 360 g/mol. The predicted molar refractivity (Wildman–Crippen MR) is 103 cm³/mol. The zero-order valence-electron chi connectivity index (χ0n) is 15.9. The molecule has 7 nitrogen and oxygen atoms in total. The van der Waals surface area contributed by atoms with Gasteiger partial charge >= 0.3 is 5.63 Å². The van der Waals surface area contributed by atoms with Gasteiger partial charge in [-0.2, -0.15) is 0 Å². The molecule has 2 fully saturated rings. The number of hydrogen-bond donors (Lipinski definition) is 1. The molecule has 3 amide bonds. The van der Waals surface area contributed by atoms with Crippen molar-refractivity contribution in [3.05, 3.63) is 40.2 Å². The van der Waals surface area contributed by atoms with Crippen LogP contribution in [-0.4, -0.2) is 28.7 Å². The lowest BCUT2D eigenvalue weighted by Gasteiger charge is -2.22. The molecule has 1 N–H and O–H groups in total. The van der Waals surface area contributed by atoms with Gasteiger partial charge in [0.2, 0.25) is 17.7 Å². The average Bonchev–Trinajstić information content (AvgIpc) is 2.91. The normalized spacial score (nSPS) is 23.0. The lowest BCUT2D eigenvalue weighted by atomic mass is 9.81. The summed E-state index contributed by atoms with van der Waals surface area (Å²) < 4.78 is 5.20. The van der Waals surface area contributed by atoms with E-state index in [1.54, 1.807) is 25.1 Å². The second-order valence-electron chi connectivity index (χ2n) is 7.67. The molecule has 0 bridgehead atoms. The molecule has 0 unspecified atom stereocenters. The first-order chi connectivity index (χ1) is 13.4. The van der Waals surface area contributed by atoms with E-state index in [0.29, 0.717) is 24.1 Å². The number of rotatable bonds is 3. The fraction of sp³-hybridized carbons (Fsp3) is 0.429. The van der Waals surface area contributed by atoms with Gasteiger partial charge in [-0.25, -0.2) is 4.79 Å². The van der Waals surface area contributed by atoms with Crippen molar-refractivity contribution in [2.75, 3.05) is 5.32 Å². The van der Waals surface area contributed by atoms with Crippen molar-refractivity contribution in [1.82, 2.24) is 4.90 Å². The molecule has 0 spiro atoms. The van der Waals surface area contributed by atoms with Crippen LogP contribution in [0.15, 0.2) is 33.5 Å². The molecule has 1 saturated heterocycles. The number of nitrogens with zero attached hydrogens (tertiary/aromatic N) is 1. The van der Waals surface area contributed by atoms with E-state index in [1.165, 1.54) is 6.07 Å². The summed E-state index contributed by atoms with van der Waals surface area (Å²) in [6, 6.07) is 5.54. The summed E-state index contributed by atoms with van der Waals surface area (Å²) in [7, 11) is 0. The van der Waals surface area contributed by atoms with Gasteiger partial charge in [0.15, 0.2) is 0 Å². The van der Waals surface area contributed by atoms with E-state index < -0.39 is 17.6 Å². The van der Waals surface area contributed by atoms with Crippen LogP contribution >= 0.6 is 0 Å². The Hall–Kier alpha value is -2.96. The van der Waals surface area contributed by atoms with Crippen LogP contribution in [0.5, 0.6) is 0 Å². The Bertz CT molecular complexity index is 1020. The van der Waals surface area contributed by atoms with Crippen molar-refractivity contribution in [3.63, 3.8) is 0 Å². The SMILES string of the molecule is Cc1cc(=O)oc2cc(NC(=O)[C@H](C)N3C(=O)[C@H]4CCCC[C@H]4C3=O)ccc12. The molecule has 7 heteroatoms. The van der Waals surface area contributed by atoms with Crippen LogP contribution in [0.1, 0.15) is 38.2 Å². The fourth-order valence-corrected chi connectivity index (χ4v) is 4.34. The van der Waals surface area contributed by atoms with Gasteiger partial charge in [-0.05, 0) is 44.4 Å². The zero-order chi connectivity index (χ0) is 20.0. The molecule has 146 valence electrons. The van der Waals surface area contributed by atoms with Gasteiger partial charge in [0.25, 0.3) is 0 Å². The second-order valence-corrected chi connectivity index (χ2v) is 7.67. The third kappa shape index (κ3) is 3.00. The summed E-state index contributed by atoms with van der Waals surface area (Å²) in [6.07, 6.45) is 3.30. The Kier molecular flexibility index (Phi) is 4.53. The van der Waals surface area contributed by atoms with Gasteiger partial charge in [0, 0.05) is 23.2 Å². The van der Waals surface area contributed by atoms with Gasteiger partial charge in [-0.3, -0.25) is 19.3 Å². The first-order valence-electron chi connectivity index (χ1n) is 9.59. The number of hydrogen-bond acceptors (Lipinski definition) is 5. The molecule has 1 aliphatic carbocycles. The smallest absolute Gasteiger partial charge is 0.336 e. The molecule has 1 aromatic carbocycles. The van der Waals surface area contributed by atoms with Gasteiger partial charge in [-0.1, -0.05) is 12.8 Å².